The summed E-state index contributed by atoms with van der Waals surface area (Å²) < 4.78 is 4.38. The van der Waals surface area contributed by atoms with Gasteiger partial charge in [-0.1, -0.05) is 63.3 Å². The fourth-order valence-electron chi connectivity index (χ4n) is 2.29. The third kappa shape index (κ3) is 16.9. The van der Waals surface area contributed by atoms with Crippen molar-refractivity contribution in [1.29, 1.82) is 0 Å². The average Bonchev–Trinajstić information content (AvgIpc) is 2.58. The van der Waals surface area contributed by atoms with Crippen molar-refractivity contribution >= 4 is 11.9 Å². The van der Waals surface area contributed by atoms with Crippen molar-refractivity contribution < 1.29 is 19.4 Å². The summed E-state index contributed by atoms with van der Waals surface area (Å²) in [5.41, 5.74) is 0. The van der Waals surface area contributed by atoms with Crippen molar-refractivity contribution in [3.05, 3.63) is 24.3 Å². The summed E-state index contributed by atoms with van der Waals surface area (Å²) in [5, 5.41) is 8.45. The number of unbranched alkanes of at least 4 members (excludes halogenated alkanes) is 8. The number of hydrogen-bond donors (Lipinski definition) is 1. The van der Waals surface area contributed by atoms with Gasteiger partial charge in [0.25, 0.3) is 0 Å². The Morgan fingerprint density at radius 2 is 1.38 bits per heavy atom. The molecular weight excluding hydrogens is 304 g/mol. The first-order valence-electron chi connectivity index (χ1n) is 9.35. The first-order chi connectivity index (χ1) is 11.7. The molecule has 24 heavy (non-hydrogen) atoms. The van der Waals surface area contributed by atoms with E-state index >= 15 is 0 Å². The molecule has 0 rings (SSSR count). The lowest BCUT2D eigenvalue weighted by Gasteiger charge is -2.01. The van der Waals surface area contributed by atoms with Crippen LogP contribution >= 0.6 is 0 Å². The Balaban J connectivity index is 3.31. The molecule has 0 saturated heterocycles. The van der Waals surface area contributed by atoms with E-state index in [4.69, 9.17) is 5.11 Å². The van der Waals surface area contributed by atoms with Gasteiger partial charge in [-0.05, 0) is 38.5 Å². The molecule has 0 aromatic carbocycles. The van der Waals surface area contributed by atoms with Crippen LogP contribution in [0.15, 0.2) is 24.3 Å². The van der Waals surface area contributed by atoms with Crippen molar-refractivity contribution in [3.63, 3.8) is 0 Å². The van der Waals surface area contributed by atoms with Crippen molar-refractivity contribution in [1.82, 2.24) is 0 Å². The predicted molar refractivity (Wildman–Crippen MR) is 97.5 cm³/mol. The molecule has 0 heterocycles. The van der Waals surface area contributed by atoms with Crippen LogP contribution in [0.2, 0.25) is 0 Å². The highest BCUT2D eigenvalue weighted by Gasteiger charge is 2.08. The molecule has 0 fully saturated rings. The third-order valence-electron chi connectivity index (χ3n) is 3.69. The maximum Gasteiger partial charge on any atom is 0.339 e. The molecule has 0 radical (unpaired) electrons. The summed E-state index contributed by atoms with van der Waals surface area (Å²) in [5.74, 6) is -1.41. The number of aliphatic hydroxyl groups is 1. The molecule has 0 amide bonds. The predicted octanol–water partition coefficient (Wildman–Crippen LogP) is 4.86. The Labute approximate surface area is 147 Å². The summed E-state index contributed by atoms with van der Waals surface area (Å²) in [6.45, 7) is 1.48. The van der Waals surface area contributed by atoms with Gasteiger partial charge >= 0.3 is 11.9 Å². The van der Waals surface area contributed by atoms with Crippen LogP contribution in [-0.2, 0) is 14.3 Å². The van der Waals surface area contributed by atoms with Crippen LogP contribution < -0.4 is 0 Å². The number of aliphatic hydroxyl groups excluding tert-OH is 1. The molecule has 4 heteroatoms. The zero-order valence-corrected chi connectivity index (χ0v) is 15.2. The summed E-state index contributed by atoms with van der Waals surface area (Å²) in [7, 11) is 0. The number of allylic oxidation sites excluding steroid dienone is 4. The van der Waals surface area contributed by atoms with E-state index in [2.05, 4.69) is 36.0 Å². The molecule has 0 aromatic rings. The molecule has 0 atom stereocenters. The van der Waals surface area contributed by atoms with E-state index in [0.717, 1.165) is 38.5 Å². The van der Waals surface area contributed by atoms with Gasteiger partial charge in [0.2, 0.25) is 0 Å². The van der Waals surface area contributed by atoms with Crippen molar-refractivity contribution in [2.75, 3.05) is 6.61 Å². The molecule has 0 saturated carbocycles. The van der Waals surface area contributed by atoms with Gasteiger partial charge in [0.15, 0.2) is 0 Å². The highest BCUT2D eigenvalue weighted by Crippen LogP contribution is 2.08. The maximum absolute atomic E-state index is 11.2. The zero-order chi connectivity index (χ0) is 17.9. The Bertz CT molecular complexity index is 372. The van der Waals surface area contributed by atoms with E-state index in [-0.39, 0.29) is 6.42 Å². The zero-order valence-electron chi connectivity index (χ0n) is 15.2. The number of esters is 2. The van der Waals surface area contributed by atoms with Gasteiger partial charge in [-0.15, -0.1) is 0 Å². The summed E-state index contributed by atoms with van der Waals surface area (Å²) in [4.78, 5) is 21.9. The van der Waals surface area contributed by atoms with E-state index in [0.29, 0.717) is 0 Å². The lowest BCUT2D eigenvalue weighted by Crippen LogP contribution is -2.14. The van der Waals surface area contributed by atoms with Gasteiger partial charge in [0, 0.05) is 6.42 Å². The summed E-state index contributed by atoms with van der Waals surface area (Å²) in [6.07, 6.45) is 21.6. The fourth-order valence-corrected chi connectivity index (χ4v) is 2.29. The van der Waals surface area contributed by atoms with Gasteiger partial charge in [0.05, 0.1) is 0 Å². The fraction of sp³-hybridized carbons (Fsp3) is 0.700. The largest absolute Gasteiger partial charge is 0.391 e. The van der Waals surface area contributed by atoms with Crippen LogP contribution in [0.1, 0.15) is 84.0 Å². The van der Waals surface area contributed by atoms with E-state index < -0.39 is 18.5 Å². The van der Waals surface area contributed by atoms with E-state index in [1.54, 1.807) is 0 Å². The van der Waals surface area contributed by atoms with E-state index in [1.807, 2.05) is 0 Å². The SMILES string of the molecule is CCCCCC=CCC=CCCCCCCCC(=O)OC(=O)CO. The smallest absolute Gasteiger partial charge is 0.339 e. The van der Waals surface area contributed by atoms with Crippen molar-refractivity contribution in [2.45, 2.75) is 84.0 Å². The molecule has 0 unspecified atom stereocenters. The number of carbonyl (C=O) groups excluding carboxylic acids is 2. The van der Waals surface area contributed by atoms with Crippen molar-refractivity contribution in [2.24, 2.45) is 0 Å². The molecule has 0 spiro atoms. The van der Waals surface area contributed by atoms with Crippen LogP contribution in [0.4, 0.5) is 0 Å². The Hall–Kier alpha value is -1.42. The normalized spacial score (nSPS) is 11.4. The lowest BCUT2D eigenvalue weighted by molar-refractivity contribution is -0.161. The topological polar surface area (TPSA) is 63.6 Å². The minimum atomic E-state index is -0.873. The van der Waals surface area contributed by atoms with Gasteiger partial charge in [-0.25, -0.2) is 4.79 Å². The molecule has 1 N–H and O–H groups in total. The first kappa shape index (κ1) is 22.6. The number of hydrogen-bond acceptors (Lipinski definition) is 4. The monoisotopic (exact) mass is 338 g/mol. The van der Waals surface area contributed by atoms with E-state index in [1.165, 1.54) is 32.1 Å². The second kappa shape index (κ2) is 17.9. The van der Waals surface area contributed by atoms with Gasteiger partial charge < -0.3 is 9.84 Å². The van der Waals surface area contributed by atoms with E-state index in [9.17, 15) is 9.59 Å². The minimum Gasteiger partial charge on any atom is -0.391 e. The van der Waals surface area contributed by atoms with Crippen LogP contribution in [-0.4, -0.2) is 23.7 Å². The van der Waals surface area contributed by atoms with Gasteiger partial charge in [0.1, 0.15) is 6.61 Å². The third-order valence-corrected chi connectivity index (χ3v) is 3.69. The standard InChI is InChI=1S/C20H34O4/c1-2-3-4-5-6-7-8-9-10-11-12-13-14-15-16-17-19(22)24-20(23)18-21/h6-7,9-10,21H,2-5,8,11-18H2,1H3. The minimum absolute atomic E-state index is 0.246. The molecule has 0 aliphatic rings. The quantitative estimate of drug-likeness (QED) is 0.200. The molecule has 4 nitrogen and oxygen atoms in total. The highest BCUT2D eigenvalue weighted by molar-refractivity contribution is 5.85. The summed E-state index contributed by atoms with van der Waals surface area (Å²) >= 11 is 0. The maximum atomic E-state index is 11.2. The van der Waals surface area contributed by atoms with Gasteiger partial charge in [-0.3, -0.25) is 4.79 Å². The van der Waals surface area contributed by atoms with Crippen LogP contribution in [0.3, 0.4) is 0 Å². The highest BCUT2D eigenvalue weighted by atomic mass is 16.6. The molecule has 0 aliphatic carbocycles. The van der Waals surface area contributed by atoms with Crippen LogP contribution in [0.5, 0.6) is 0 Å². The average molecular weight is 338 g/mol. The second-order valence-electron chi connectivity index (χ2n) is 5.98. The van der Waals surface area contributed by atoms with Crippen LogP contribution in [0, 0.1) is 0 Å². The number of carbonyl (C=O) groups is 2. The Morgan fingerprint density at radius 1 is 0.792 bits per heavy atom. The van der Waals surface area contributed by atoms with Gasteiger partial charge in [-0.2, -0.15) is 0 Å². The Morgan fingerprint density at radius 3 is 2.00 bits per heavy atom. The molecule has 0 aliphatic heterocycles. The second-order valence-corrected chi connectivity index (χ2v) is 5.98. The number of rotatable bonds is 15. The number of ether oxygens (including phenoxy) is 1. The molecule has 0 aromatic heterocycles. The molecule has 138 valence electrons. The van der Waals surface area contributed by atoms with Crippen LogP contribution in [0.25, 0.3) is 0 Å². The van der Waals surface area contributed by atoms with Crippen molar-refractivity contribution in [3.8, 4) is 0 Å². The molecular formula is C20H34O4. The summed E-state index contributed by atoms with van der Waals surface area (Å²) in [6, 6.07) is 0. The first-order valence-corrected chi connectivity index (χ1v) is 9.35. The lowest BCUT2D eigenvalue weighted by atomic mass is 10.1. The Kier molecular flexibility index (Phi) is 16.9. The molecule has 0 bridgehead atoms.